The van der Waals surface area contributed by atoms with Crippen molar-refractivity contribution in [3.05, 3.63) is 71.8 Å². The Morgan fingerprint density at radius 3 is 2.00 bits per heavy atom. The minimum Gasteiger partial charge on any atom is -0.309 e. The lowest BCUT2D eigenvalue weighted by Crippen LogP contribution is -2.58. The van der Waals surface area contributed by atoms with Gasteiger partial charge < -0.3 is 5.32 Å². The predicted octanol–water partition coefficient (Wildman–Crippen LogP) is 3.90. The zero-order valence-electron chi connectivity index (χ0n) is 17.5. The number of rotatable bonds is 5. The van der Waals surface area contributed by atoms with Crippen LogP contribution in [0.5, 0.6) is 0 Å². The second kappa shape index (κ2) is 8.77. The third-order valence-corrected chi connectivity index (χ3v) is 6.61. The van der Waals surface area contributed by atoms with Gasteiger partial charge in [0.05, 0.1) is 0 Å². The van der Waals surface area contributed by atoms with Gasteiger partial charge in [-0.05, 0) is 50.9 Å². The Kier molecular flexibility index (Phi) is 6.15. The van der Waals surface area contributed by atoms with E-state index in [4.69, 9.17) is 0 Å². The zero-order valence-corrected chi connectivity index (χ0v) is 17.5. The lowest BCUT2D eigenvalue weighted by Gasteiger charge is -2.47. The Labute approximate surface area is 170 Å². The molecule has 1 N–H and O–H groups in total. The zero-order chi connectivity index (χ0) is 19.4. The first-order valence-corrected chi connectivity index (χ1v) is 10.9. The molecular weight excluding hydrogens is 342 g/mol. The average molecular weight is 378 g/mol. The van der Waals surface area contributed by atoms with E-state index in [1.165, 1.54) is 43.6 Å². The van der Waals surface area contributed by atoms with Crippen molar-refractivity contribution in [3.63, 3.8) is 0 Å². The topological polar surface area (TPSA) is 18.5 Å². The molecular formula is C25H35N3. The molecule has 2 aliphatic rings. The summed E-state index contributed by atoms with van der Waals surface area (Å²) in [5, 5.41) is 3.68. The molecule has 150 valence electrons. The highest BCUT2D eigenvalue weighted by Crippen LogP contribution is 2.37. The quantitative estimate of drug-likeness (QED) is 0.852. The minimum atomic E-state index is 0.283. The number of piperazine rings is 1. The minimum absolute atomic E-state index is 0.283. The number of nitrogens with zero attached hydrogens (tertiary/aromatic N) is 2. The summed E-state index contributed by atoms with van der Waals surface area (Å²) >= 11 is 0. The second-order valence-corrected chi connectivity index (χ2v) is 9.07. The molecule has 2 heterocycles. The molecule has 0 aromatic heterocycles. The van der Waals surface area contributed by atoms with Gasteiger partial charge in [-0.25, -0.2) is 0 Å². The smallest absolute Gasteiger partial charge is 0.0233 e. The van der Waals surface area contributed by atoms with Crippen LogP contribution in [0.15, 0.2) is 60.7 Å². The fourth-order valence-electron chi connectivity index (χ4n) is 5.31. The third kappa shape index (κ3) is 4.65. The predicted molar refractivity (Wildman–Crippen MR) is 118 cm³/mol. The van der Waals surface area contributed by atoms with Crippen molar-refractivity contribution >= 4 is 0 Å². The average Bonchev–Trinajstić information content (AvgIpc) is 2.70. The van der Waals surface area contributed by atoms with Crippen molar-refractivity contribution in [2.45, 2.75) is 50.7 Å². The maximum Gasteiger partial charge on any atom is 0.0233 e. The Hall–Kier alpha value is -1.68. The molecule has 0 saturated carbocycles. The lowest BCUT2D eigenvalue weighted by atomic mass is 9.72. The normalized spacial score (nSPS) is 26.2. The molecule has 0 aliphatic carbocycles. The Balaban J connectivity index is 1.48. The van der Waals surface area contributed by atoms with Crippen LogP contribution in [0.25, 0.3) is 0 Å². The fourth-order valence-corrected chi connectivity index (χ4v) is 5.31. The van der Waals surface area contributed by atoms with Gasteiger partial charge in [-0.3, -0.25) is 9.80 Å². The van der Waals surface area contributed by atoms with Crippen LogP contribution in [0.2, 0.25) is 0 Å². The molecule has 0 bridgehead atoms. The van der Waals surface area contributed by atoms with E-state index in [1.54, 1.807) is 0 Å². The number of hydrogen-bond donors (Lipinski definition) is 1. The molecule has 2 aromatic rings. The highest BCUT2D eigenvalue weighted by atomic mass is 15.2. The first-order valence-electron chi connectivity index (χ1n) is 10.9. The van der Waals surface area contributed by atoms with Crippen LogP contribution in [-0.2, 0) is 12.0 Å². The van der Waals surface area contributed by atoms with Gasteiger partial charge in [0.15, 0.2) is 0 Å². The molecule has 2 aromatic carbocycles. The van der Waals surface area contributed by atoms with Gasteiger partial charge in [0.1, 0.15) is 0 Å². The van der Waals surface area contributed by atoms with E-state index in [0.29, 0.717) is 12.1 Å². The Morgan fingerprint density at radius 2 is 1.39 bits per heavy atom. The molecule has 3 nitrogen and oxygen atoms in total. The van der Waals surface area contributed by atoms with Crippen molar-refractivity contribution in [2.24, 2.45) is 0 Å². The van der Waals surface area contributed by atoms with Crippen molar-refractivity contribution in [1.29, 1.82) is 0 Å². The standard InChI is InChI=1S/C25H35N3/c1-21-17-28(18-22(2)26-21)20-25(24-11-7-4-8-12-24)13-15-27(16-14-25)19-23-9-5-3-6-10-23/h3-12,21-22,26H,13-20H2,1-2H3. The van der Waals surface area contributed by atoms with Crippen molar-refractivity contribution < 1.29 is 0 Å². The molecule has 4 rings (SSSR count). The van der Waals surface area contributed by atoms with E-state index in [0.717, 1.165) is 19.6 Å². The van der Waals surface area contributed by atoms with Gasteiger partial charge in [-0.1, -0.05) is 60.7 Å². The highest BCUT2D eigenvalue weighted by Gasteiger charge is 2.38. The maximum absolute atomic E-state index is 3.68. The van der Waals surface area contributed by atoms with Crippen LogP contribution in [0.3, 0.4) is 0 Å². The molecule has 2 saturated heterocycles. The summed E-state index contributed by atoms with van der Waals surface area (Å²) in [5.74, 6) is 0. The lowest BCUT2D eigenvalue weighted by molar-refractivity contribution is 0.0875. The monoisotopic (exact) mass is 377 g/mol. The SMILES string of the molecule is CC1CN(CC2(c3ccccc3)CCN(Cc3ccccc3)CC2)CC(C)N1. The van der Waals surface area contributed by atoms with Gasteiger partial charge >= 0.3 is 0 Å². The van der Waals surface area contributed by atoms with Crippen LogP contribution >= 0.6 is 0 Å². The van der Waals surface area contributed by atoms with E-state index in [-0.39, 0.29) is 5.41 Å². The van der Waals surface area contributed by atoms with E-state index < -0.39 is 0 Å². The second-order valence-electron chi connectivity index (χ2n) is 9.07. The Morgan fingerprint density at radius 1 is 0.821 bits per heavy atom. The fraction of sp³-hybridized carbons (Fsp3) is 0.520. The summed E-state index contributed by atoms with van der Waals surface area (Å²) < 4.78 is 0. The summed E-state index contributed by atoms with van der Waals surface area (Å²) in [6.45, 7) is 11.6. The first-order chi connectivity index (χ1) is 13.6. The van der Waals surface area contributed by atoms with E-state index >= 15 is 0 Å². The van der Waals surface area contributed by atoms with Crippen LogP contribution in [0.1, 0.15) is 37.8 Å². The number of likely N-dealkylation sites (tertiary alicyclic amines) is 1. The number of benzene rings is 2. The van der Waals surface area contributed by atoms with Gasteiger partial charge in [0.2, 0.25) is 0 Å². The number of nitrogens with one attached hydrogen (secondary N) is 1. The van der Waals surface area contributed by atoms with Crippen LogP contribution in [0.4, 0.5) is 0 Å². The first kappa shape index (κ1) is 19.6. The largest absolute Gasteiger partial charge is 0.309 e. The maximum atomic E-state index is 3.68. The van der Waals surface area contributed by atoms with Crippen molar-refractivity contribution in [1.82, 2.24) is 15.1 Å². The van der Waals surface area contributed by atoms with Gasteiger partial charge in [-0.2, -0.15) is 0 Å². The number of piperidine rings is 1. The number of hydrogen-bond acceptors (Lipinski definition) is 3. The van der Waals surface area contributed by atoms with E-state index in [9.17, 15) is 0 Å². The molecule has 0 radical (unpaired) electrons. The van der Waals surface area contributed by atoms with Crippen LogP contribution in [0, 0.1) is 0 Å². The molecule has 2 aliphatic heterocycles. The summed E-state index contributed by atoms with van der Waals surface area (Å²) in [5.41, 5.74) is 3.25. The van der Waals surface area contributed by atoms with Gasteiger partial charge in [0.25, 0.3) is 0 Å². The van der Waals surface area contributed by atoms with E-state index in [1.807, 2.05) is 0 Å². The molecule has 2 fully saturated rings. The molecule has 28 heavy (non-hydrogen) atoms. The summed E-state index contributed by atoms with van der Waals surface area (Å²) in [4.78, 5) is 5.35. The summed E-state index contributed by atoms with van der Waals surface area (Å²) in [6.07, 6.45) is 2.49. The molecule has 3 heteroatoms. The Bertz CT molecular complexity index is 712. The molecule has 0 spiro atoms. The molecule has 0 amide bonds. The van der Waals surface area contributed by atoms with Crippen molar-refractivity contribution in [3.8, 4) is 0 Å². The van der Waals surface area contributed by atoms with E-state index in [2.05, 4.69) is 89.6 Å². The van der Waals surface area contributed by atoms with Gasteiger partial charge in [-0.15, -0.1) is 0 Å². The highest BCUT2D eigenvalue weighted by molar-refractivity contribution is 5.27. The van der Waals surface area contributed by atoms with Gasteiger partial charge in [0, 0.05) is 43.7 Å². The van der Waals surface area contributed by atoms with Crippen LogP contribution < -0.4 is 5.32 Å². The third-order valence-electron chi connectivity index (χ3n) is 6.61. The van der Waals surface area contributed by atoms with Crippen molar-refractivity contribution in [2.75, 3.05) is 32.7 Å². The summed E-state index contributed by atoms with van der Waals surface area (Å²) in [6, 6.07) is 23.4. The summed E-state index contributed by atoms with van der Waals surface area (Å²) in [7, 11) is 0. The molecule has 2 unspecified atom stereocenters. The molecule has 2 atom stereocenters. The van der Waals surface area contributed by atoms with Crippen LogP contribution in [-0.4, -0.2) is 54.6 Å².